The molecule has 1 N–H and O–H groups in total. The van der Waals surface area contributed by atoms with Crippen molar-refractivity contribution in [2.24, 2.45) is 0 Å². The molecule has 0 aliphatic carbocycles. The van der Waals surface area contributed by atoms with E-state index in [0.717, 1.165) is 11.4 Å². The Morgan fingerprint density at radius 3 is 2.67 bits per heavy atom. The average Bonchev–Trinajstić information content (AvgIpc) is 2.52. The van der Waals surface area contributed by atoms with E-state index in [9.17, 15) is 0 Å². The normalized spacial score (nSPS) is 11.2. The number of allylic oxidation sites excluding steroid dienone is 1. The molecule has 2 nitrogen and oxygen atoms in total. The Morgan fingerprint density at radius 2 is 2.17 bits per heavy atom. The number of hydrogen-bond acceptors (Lipinski definition) is 1. The minimum atomic E-state index is -0.0694. The molecule has 12 heavy (non-hydrogen) atoms. The van der Waals surface area contributed by atoms with Crippen LogP contribution in [-0.4, -0.2) is 9.97 Å². The number of nitrogens with zero attached hydrogens (tertiary/aromatic N) is 1. The van der Waals surface area contributed by atoms with Crippen LogP contribution in [0.2, 0.25) is 0 Å². The van der Waals surface area contributed by atoms with Gasteiger partial charge in [0.15, 0.2) is 0 Å². The van der Waals surface area contributed by atoms with Crippen LogP contribution in [0.3, 0.4) is 0 Å². The summed E-state index contributed by atoms with van der Waals surface area (Å²) in [5, 5.41) is 0. The third-order valence-corrected chi connectivity index (χ3v) is 2.02. The zero-order chi connectivity index (χ0) is 9.19. The summed E-state index contributed by atoms with van der Waals surface area (Å²) in [7, 11) is 0. The molecule has 0 aromatic carbocycles. The predicted octanol–water partition coefficient (Wildman–Crippen LogP) is 2.52. The number of aromatic amines is 1. The van der Waals surface area contributed by atoms with Gasteiger partial charge in [0, 0.05) is 5.41 Å². The van der Waals surface area contributed by atoms with E-state index in [1.807, 2.05) is 6.08 Å². The third kappa shape index (κ3) is 1.33. The molecule has 0 fully saturated rings. The third-order valence-electron chi connectivity index (χ3n) is 2.02. The molecule has 0 radical (unpaired) electrons. The molecule has 1 rings (SSSR count). The van der Waals surface area contributed by atoms with Crippen molar-refractivity contribution in [1.82, 2.24) is 9.97 Å². The number of nitrogens with one attached hydrogen (secondary N) is 1. The molecule has 0 amide bonds. The van der Waals surface area contributed by atoms with E-state index in [4.69, 9.17) is 0 Å². The van der Waals surface area contributed by atoms with Crippen LogP contribution in [0.4, 0.5) is 0 Å². The van der Waals surface area contributed by atoms with E-state index in [2.05, 4.69) is 37.0 Å². The van der Waals surface area contributed by atoms with E-state index in [1.165, 1.54) is 0 Å². The lowest BCUT2D eigenvalue weighted by molar-refractivity contribution is 0.648. The van der Waals surface area contributed by atoms with Crippen molar-refractivity contribution in [2.75, 3.05) is 0 Å². The van der Waals surface area contributed by atoms with Crippen LogP contribution in [0.1, 0.15) is 25.2 Å². The maximum absolute atomic E-state index is 4.13. The molecule has 0 aliphatic heterocycles. The zero-order valence-corrected chi connectivity index (χ0v) is 7.59. The van der Waals surface area contributed by atoms with Crippen LogP contribution in [0, 0.1) is 0 Å². The largest absolute Gasteiger partial charge is 0.347 e. The highest BCUT2D eigenvalue weighted by Crippen LogP contribution is 2.24. The lowest BCUT2D eigenvalue weighted by Gasteiger charge is -2.18. The Morgan fingerprint density at radius 1 is 1.50 bits per heavy atom. The Bertz CT molecular complexity index is 295. The number of H-pyrrole nitrogens is 1. The molecule has 2 heteroatoms. The zero-order valence-electron chi connectivity index (χ0n) is 7.59. The van der Waals surface area contributed by atoms with E-state index in [1.54, 1.807) is 12.4 Å². The number of imidazole rings is 1. The number of aromatic nitrogens is 2. The van der Waals surface area contributed by atoms with Gasteiger partial charge in [-0.25, -0.2) is 4.98 Å². The summed E-state index contributed by atoms with van der Waals surface area (Å²) in [5.74, 6) is 0. The van der Waals surface area contributed by atoms with Gasteiger partial charge < -0.3 is 4.98 Å². The first-order chi connectivity index (χ1) is 5.61. The van der Waals surface area contributed by atoms with Crippen molar-refractivity contribution in [3.63, 3.8) is 0 Å². The maximum atomic E-state index is 4.13. The monoisotopic (exact) mass is 162 g/mol. The minimum absolute atomic E-state index is 0.0694. The van der Waals surface area contributed by atoms with Gasteiger partial charge in [0.05, 0.1) is 17.7 Å². The van der Waals surface area contributed by atoms with Gasteiger partial charge in [-0.3, -0.25) is 0 Å². The molecule has 1 aromatic heterocycles. The van der Waals surface area contributed by atoms with Gasteiger partial charge >= 0.3 is 0 Å². The van der Waals surface area contributed by atoms with Crippen LogP contribution < -0.4 is 0 Å². The molecule has 1 aromatic rings. The molecular formula is C10H14N2. The molecule has 1 heterocycles. The first-order valence-electron chi connectivity index (χ1n) is 3.91. The molecule has 0 saturated carbocycles. The fourth-order valence-corrected chi connectivity index (χ4v) is 1.08. The Labute approximate surface area is 73.0 Å². The Kier molecular flexibility index (Phi) is 2.18. The molecular weight excluding hydrogens is 148 g/mol. The summed E-state index contributed by atoms with van der Waals surface area (Å²) in [4.78, 5) is 7.22. The van der Waals surface area contributed by atoms with Crippen LogP contribution >= 0.6 is 0 Å². The molecule has 64 valence electrons. The highest BCUT2D eigenvalue weighted by Gasteiger charge is 2.20. The summed E-state index contributed by atoms with van der Waals surface area (Å²) in [6.07, 6.45) is 5.32. The van der Waals surface area contributed by atoms with Gasteiger partial charge in [-0.15, -0.1) is 6.58 Å². The van der Waals surface area contributed by atoms with E-state index >= 15 is 0 Å². The van der Waals surface area contributed by atoms with E-state index < -0.39 is 0 Å². The molecule has 0 unspecified atom stereocenters. The topological polar surface area (TPSA) is 28.7 Å². The number of hydrogen-bond donors (Lipinski definition) is 1. The molecule has 0 atom stereocenters. The van der Waals surface area contributed by atoms with Crippen molar-refractivity contribution in [2.45, 2.75) is 19.3 Å². The van der Waals surface area contributed by atoms with Crippen LogP contribution in [0.15, 0.2) is 25.6 Å². The summed E-state index contributed by atoms with van der Waals surface area (Å²) in [5.41, 5.74) is 1.90. The second-order valence-corrected chi connectivity index (χ2v) is 3.29. The quantitative estimate of drug-likeness (QED) is 0.680. The predicted molar refractivity (Wildman–Crippen MR) is 51.9 cm³/mol. The summed E-state index contributed by atoms with van der Waals surface area (Å²) in [6.45, 7) is 11.6. The SMILES string of the molecule is C=Cc1nc[nH]c1C(C)(C)C=C. The van der Waals surface area contributed by atoms with Gasteiger partial charge in [-0.1, -0.05) is 26.5 Å². The summed E-state index contributed by atoms with van der Waals surface area (Å²) >= 11 is 0. The van der Waals surface area contributed by atoms with Crippen LogP contribution in [-0.2, 0) is 5.41 Å². The van der Waals surface area contributed by atoms with Gasteiger partial charge in [0.1, 0.15) is 0 Å². The Hall–Kier alpha value is -1.31. The minimum Gasteiger partial charge on any atom is -0.347 e. The van der Waals surface area contributed by atoms with E-state index in [-0.39, 0.29) is 5.41 Å². The standard InChI is InChI=1S/C10H14N2/c1-5-8-9(12-7-11-8)10(3,4)6-2/h5-7H,1-2H2,3-4H3,(H,11,12). The summed E-state index contributed by atoms with van der Waals surface area (Å²) < 4.78 is 0. The smallest absolute Gasteiger partial charge is 0.0929 e. The van der Waals surface area contributed by atoms with Crippen molar-refractivity contribution >= 4 is 6.08 Å². The van der Waals surface area contributed by atoms with E-state index in [0.29, 0.717) is 0 Å². The molecule has 0 saturated heterocycles. The van der Waals surface area contributed by atoms with Gasteiger partial charge in [0.25, 0.3) is 0 Å². The molecule has 0 bridgehead atoms. The highest BCUT2D eigenvalue weighted by molar-refractivity contribution is 5.47. The maximum Gasteiger partial charge on any atom is 0.0929 e. The fraction of sp³-hybridized carbons (Fsp3) is 0.300. The second kappa shape index (κ2) is 2.97. The van der Waals surface area contributed by atoms with Gasteiger partial charge in [-0.05, 0) is 6.08 Å². The first-order valence-corrected chi connectivity index (χ1v) is 3.91. The number of rotatable bonds is 3. The van der Waals surface area contributed by atoms with Gasteiger partial charge in [0.2, 0.25) is 0 Å². The van der Waals surface area contributed by atoms with Crippen molar-refractivity contribution in [3.05, 3.63) is 36.9 Å². The average molecular weight is 162 g/mol. The van der Waals surface area contributed by atoms with Crippen LogP contribution in [0.25, 0.3) is 6.08 Å². The first kappa shape index (κ1) is 8.78. The fourth-order valence-electron chi connectivity index (χ4n) is 1.08. The Balaban J connectivity index is 3.17. The lowest BCUT2D eigenvalue weighted by Crippen LogP contribution is -2.14. The van der Waals surface area contributed by atoms with Crippen LogP contribution in [0.5, 0.6) is 0 Å². The molecule has 0 spiro atoms. The second-order valence-electron chi connectivity index (χ2n) is 3.29. The molecule has 0 aliphatic rings. The highest BCUT2D eigenvalue weighted by atomic mass is 14.9. The van der Waals surface area contributed by atoms with Crippen molar-refractivity contribution in [3.8, 4) is 0 Å². The van der Waals surface area contributed by atoms with Crippen molar-refractivity contribution < 1.29 is 0 Å². The lowest BCUT2D eigenvalue weighted by atomic mass is 9.88. The van der Waals surface area contributed by atoms with Crippen molar-refractivity contribution in [1.29, 1.82) is 0 Å². The summed E-state index contributed by atoms with van der Waals surface area (Å²) in [6, 6.07) is 0. The van der Waals surface area contributed by atoms with Gasteiger partial charge in [-0.2, -0.15) is 0 Å².